The van der Waals surface area contributed by atoms with Crippen LogP contribution in [0.4, 0.5) is 0 Å². The van der Waals surface area contributed by atoms with Crippen molar-refractivity contribution in [1.29, 1.82) is 5.26 Å². The first kappa shape index (κ1) is 25.4. The van der Waals surface area contributed by atoms with Crippen LogP contribution in [0, 0.1) is 35.3 Å². The number of hydrogen-bond acceptors (Lipinski definition) is 7. The van der Waals surface area contributed by atoms with Gasteiger partial charge >= 0.3 is 0 Å². The summed E-state index contributed by atoms with van der Waals surface area (Å²) < 4.78 is 8.77. The molecule has 0 amide bonds. The van der Waals surface area contributed by atoms with Crippen LogP contribution in [-0.4, -0.2) is 26.2 Å². The van der Waals surface area contributed by atoms with Crippen molar-refractivity contribution in [3.63, 3.8) is 0 Å². The molecule has 0 aliphatic heterocycles. The standard InChI is InChI=1S/C26H22BrN5O3S/c1-17-6-5-9-22(12-17)32-18(2)29-30-26(32)36-25(15-31(33)34)23-13-21(27)10-11-24(23)35-16-20-8-4-3-7-19(20)14-28/h3-13,25H,15-16H2,1-2H3/t25-/m1/s1. The van der Waals surface area contributed by atoms with Crippen molar-refractivity contribution in [2.24, 2.45) is 0 Å². The van der Waals surface area contributed by atoms with Crippen LogP contribution in [0.5, 0.6) is 5.75 Å². The third kappa shape index (κ3) is 5.93. The van der Waals surface area contributed by atoms with Crippen molar-refractivity contribution in [2.45, 2.75) is 30.9 Å². The Balaban J connectivity index is 1.70. The Morgan fingerprint density at radius 2 is 1.94 bits per heavy atom. The fourth-order valence-electron chi connectivity index (χ4n) is 3.76. The number of thioether (sulfide) groups is 1. The molecule has 4 aromatic rings. The summed E-state index contributed by atoms with van der Waals surface area (Å²) in [4.78, 5) is 11.4. The molecule has 1 aromatic heterocycles. The fourth-order valence-corrected chi connectivity index (χ4v) is 5.33. The second-order valence-electron chi connectivity index (χ2n) is 8.07. The third-order valence-electron chi connectivity index (χ3n) is 5.46. The molecule has 0 radical (unpaired) electrons. The number of halogens is 1. The summed E-state index contributed by atoms with van der Waals surface area (Å²) in [5, 5.41) is 29.6. The molecule has 3 aromatic carbocycles. The van der Waals surface area contributed by atoms with E-state index in [0.29, 0.717) is 27.9 Å². The monoisotopic (exact) mass is 563 g/mol. The predicted octanol–water partition coefficient (Wildman–Crippen LogP) is 6.21. The number of nitro groups is 1. The van der Waals surface area contributed by atoms with E-state index in [1.807, 2.05) is 66.9 Å². The fraction of sp³-hybridized carbons (Fsp3) is 0.192. The van der Waals surface area contributed by atoms with Crippen molar-refractivity contribution >= 4 is 27.7 Å². The topological polar surface area (TPSA) is 107 Å². The number of ether oxygens (including phenoxy) is 1. The number of aryl methyl sites for hydroxylation is 2. The molecule has 0 unspecified atom stereocenters. The van der Waals surface area contributed by atoms with E-state index in [2.05, 4.69) is 32.2 Å². The molecule has 0 aliphatic rings. The zero-order chi connectivity index (χ0) is 25.7. The van der Waals surface area contributed by atoms with E-state index in [-0.39, 0.29) is 18.1 Å². The Morgan fingerprint density at radius 3 is 2.69 bits per heavy atom. The van der Waals surface area contributed by atoms with Gasteiger partial charge in [0.2, 0.25) is 6.54 Å². The van der Waals surface area contributed by atoms with E-state index in [1.165, 1.54) is 11.8 Å². The maximum Gasteiger partial charge on any atom is 0.220 e. The molecular formula is C26H22BrN5O3S. The summed E-state index contributed by atoms with van der Waals surface area (Å²) in [6.07, 6.45) is 0. The molecule has 0 bridgehead atoms. The highest BCUT2D eigenvalue weighted by atomic mass is 79.9. The normalized spacial score (nSPS) is 11.6. The van der Waals surface area contributed by atoms with Gasteiger partial charge in [-0.1, -0.05) is 58.0 Å². The predicted molar refractivity (Wildman–Crippen MR) is 141 cm³/mol. The number of rotatable bonds is 9. The van der Waals surface area contributed by atoms with Gasteiger partial charge in [0.25, 0.3) is 0 Å². The summed E-state index contributed by atoms with van der Waals surface area (Å²) in [5.74, 6) is 1.19. The number of nitrogens with zero attached hydrogens (tertiary/aromatic N) is 5. The van der Waals surface area contributed by atoms with Crippen molar-refractivity contribution in [3.05, 3.63) is 109 Å². The minimum atomic E-state index is -0.606. The van der Waals surface area contributed by atoms with E-state index in [0.717, 1.165) is 21.3 Å². The van der Waals surface area contributed by atoms with Crippen molar-refractivity contribution in [1.82, 2.24) is 14.8 Å². The van der Waals surface area contributed by atoms with Crippen LogP contribution >= 0.6 is 27.7 Å². The van der Waals surface area contributed by atoms with E-state index < -0.39 is 5.25 Å². The van der Waals surface area contributed by atoms with Crippen LogP contribution in [-0.2, 0) is 6.61 Å². The van der Waals surface area contributed by atoms with Crippen LogP contribution in [0.1, 0.15) is 33.3 Å². The third-order valence-corrected chi connectivity index (χ3v) is 7.11. The van der Waals surface area contributed by atoms with Gasteiger partial charge in [-0.05, 0) is 55.8 Å². The molecule has 0 fully saturated rings. The summed E-state index contributed by atoms with van der Waals surface area (Å²) in [6.45, 7) is 3.67. The number of nitriles is 1. The van der Waals surface area contributed by atoms with E-state index in [9.17, 15) is 15.4 Å². The quantitative estimate of drug-likeness (QED) is 0.135. The number of benzene rings is 3. The summed E-state index contributed by atoms with van der Waals surface area (Å²) in [6, 6.07) is 22.7. The molecule has 4 rings (SSSR count). The van der Waals surface area contributed by atoms with E-state index in [1.54, 1.807) is 18.2 Å². The zero-order valence-corrected chi connectivity index (χ0v) is 22.0. The maximum absolute atomic E-state index is 11.7. The van der Waals surface area contributed by atoms with Crippen LogP contribution < -0.4 is 4.74 Å². The minimum Gasteiger partial charge on any atom is -0.489 e. The van der Waals surface area contributed by atoms with Crippen LogP contribution in [0.3, 0.4) is 0 Å². The summed E-state index contributed by atoms with van der Waals surface area (Å²) in [5.41, 5.74) is 3.88. The van der Waals surface area contributed by atoms with Gasteiger partial charge in [-0.15, -0.1) is 10.2 Å². The molecule has 8 nitrogen and oxygen atoms in total. The van der Waals surface area contributed by atoms with Crippen LogP contribution in [0.15, 0.2) is 76.4 Å². The molecule has 36 heavy (non-hydrogen) atoms. The first-order valence-electron chi connectivity index (χ1n) is 11.0. The smallest absolute Gasteiger partial charge is 0.220 e. The zero-order valence-electron chi connectivity index (χ0n) is 19.6. The van der Waals surface area contributed by atoms with E-state index in [4.69, 9.17) is 4.74 Å². The molecular weight excluding hydrogens is 542 g/mol. The van der Waals surface area contributed by atoms with Crippen LogP contribution in [0.2, 0.25) is 0 Å². The van der Waals surface area contributed by atoms with Gasteiger partial charge < -0.3 is 4.74 Å². The molecule has 0 saturated carbocycles. The van der Waals surface area contributed by atoms with Gasteiger partial charge in [0, 0.05) is 26.2 Å². The van der Waals surface area contributed by atoms with Crippen LogP contribution in [0.25, 0.3) is 5.69 Å². The largest absolute Gasteiger partial charge is 0.489 e. The van der Waals surface area contributed by atoms with Gasteiger partial charge in [-0.2, -0.15) is 5.26 Å². The van der Waals surface area contributed by atoms with Crippen molar-refractivity contribution in [2.75, 3.05) is 6.54 Å². The Kier molecular flexibility index (Phi) is 8.03. The summed E-state index contributed by atoms with van der Waals surface area (Å²) in [7, 11) is 0. The average Bonchev–Trinajstić information content (AvgIpc) is 3.22. The summed E-state index contributed by atoms with van der Waals surface area (Å²) >= 11 is 4.75. The maximum atomic E-state index is 11.7. The lowest BCUT2D eigenvalue weighted by Gasteiger charge is -2.19. The van der Waals surface area contributed by atoms with Gasteiger partial charge in [-0.25, -0.2) is 0 Å². The minimum absolute atomic E-state index is 0.160. The second-order valence-corrected chi connectivity index (χ2v) is 10.2. The second kappa shape index (κ2) is 11.4. The lowest BCUT2D eigenvalue weighted by atomic mass is 10.1. The lowest BCUT2D eigenvalue weighted by Crippen LogP contribution is -2.13. The Hall–Kier alpha value is -3.68. The highest BCUT2D eigenvalue weighted by Gasteiger charge is 2.27. The Labute approximate surface area is 221 Å². The SMILES string of the molecule is Cc1cccc(-n2c(C)nnc2S[C@H](C[N+](=O)[O-])c2cc(Br)ccc2OCc2ccccc2C#N)c1. The van der Waals surface area contributed by atoms with Gasteiger partial charge in [-0.3, -0.25) is 14.7 Å². The number of aromatic nitrogens is 3. The Morgan fingerprint density at radius 1 is 1.14 bits per heavy atom. The van der Waals surface area contributed by atoms with Crippen molar-refractivity contribution < 1.29 is 9.66 Å². The molecule has 10 heteroatoms. The lowest BCUT2D eigenvalue weighted by molar-refractivity contribution is -0.479. The first-order chi connectivity index (χ1) is 17.4. The van der Waals surface area contributed by atoms with E-state index >= 15 is 0 Å². The molecule has 1 atom stereocenters. The number of hydrogen-bond donors (Lipinski definition) is 0. The van der Waals surface area contributed by atoms with Gasteiger partial charge in [0.15, 0.2) is 5.16 Å². The highest BCUT2D eigenvalue weighted by molar-refractivity contribution is 9.10. The average molecular weight is 564 g/mol. The Bertz CT molecular complexity index is 1450. The highest BCUT2D eigenvalue weighted by Crippen LogP contribution is 2.41. The molecule has 0 aliphatic carbocycles. The molecule has 0 spiro atoms. The van der Waals surface area contributed by atoms with Gasteiger partial charge in [0.1, 0.15) is 23.4 Å². The molecule has 182 valence electrons. The van der Waals surface area contributed by atoms with Crippen molar-refractivity contribution in [3.8, 4) is 17.5 Å². The molecule has 1 heterocycles. The molecule has 0 N–H and O–H groups in total. The van der Waals surface area contributed by atoms with Gasteiger partial charge in [0.05, 0.1) is 11.6 Å². The molecule has 0 saturated heterocycles. The first-order valence-corrected chi connectivity index (χ1v) is 12.7.